The fourth-order valence-electron chi connectivity index (χ4n) is 3.58. The van der Waals surface area contributed by atoms with Gasteiger partial charge >= 0.3 is 12.1 Å². The van der Waals surface area contributed by atoms with E-state index in [9.17, 15) is 19.2 Å². The molecule has 2 amide bonds. The zero-order valence-corrected chi connectivity index (χ0v) is 18.1. The largest absolute Gasteiger partial charge is 0.424 e. The smallest absolute Gasteiger partial charge is 0.410 e. The third-order valence-corrected chi connectivity index (χ3v) is 5.37. The highest BCUT2D eigenvalue weighted by molar-refractivity contribution is 6.31. The van der Waals surface area contributed by atoms with Gasteiger partial charge in [0, 0.05) is 31.8 Å². The molecule has 0 radical (unpaired) electrons. The average molecular weight is 439 g/mol. The van der Waals surface area contributed by atoms with Gasteiger partial charge in [-0.15, -0.1) is 0 Å². The molecular weight excluding hydrogens is 412 g/mol. The zero-order valence-electron chi connectivity index (χ0n) is 17.3. The van der Waals surface area contributed by atoms with Crippen LogP contribution in [0.5, 0.6) is 0 Å². The summed E-state index contributed by atoms with van der Waals surface area (Å²) in [5.74, 6) is -1.10. The minimum atomic E-state index is -1.17. The van der Waals surface area contributed by atoms with Crippen molar-refractivity contribution >= 4 is 35.4 Å². The van der Waals surface area contributed by atoms with Gasteiger partial charge in [-0.2, -0.15) is 0 Å². The van der Waals surface area contributed by atoms with E-state index in [0.717, 1.165) is 12.8 Å². The summed E-state index contributed by atoms with van der Waals surface area (Å²) < 4.78 is 10.1. The Kier molecular flexibility index (Phi) is 8.23. The van der Waals surface area contributed by atoms with Gasteiger partial charge in [-0.1, -0.05) is 36.2 Å². The number of rotatable bonds is 7. The number of esters is 1. The van der Waals surface area contributed by atoms with Crippen LogP contribution in [0.4, 0.5) is 4.79 Å². The molecule has 3 atom stereocenters. The highest BCUT2D eigenvalue weighted by Crippen LogP contribution is 2.39. The molecule has 1 aliphatic carbocycles. The first-order chi connectivity index (χ1) is 14.2. The van der Waals surface area contributed by atoms with Crippen LogP contribution < -0.4 is 10.6 Å². The van der Waals surface area contributed by atoms with Crippen molar-refractivity contribution in [3.8, 4) is 0 Å². The van der Waals surface area contributed by atoms with Gasteiger partial charge in [-0.3, -0.25) is 9.59 Å². The van der Waals surface area contributed by atoms with Gasteiger partial charge in [0.05, 0.1) is 5.41 Å². The predicted octanol–water partition coefficient (Wildman–Crippen LogP) is 2.86. The molecule has 0 heterocycles. The summed E-state index contributed by atoms with van der Waals surface area (Å²) in [5.41, 5.74) is -0.240. The van der Waals surface area contributed by atoms with Gasteiger partial charge in [0.1, 0.15) is 11.8 Å². The number of ketones is 1. The number of hydrogen-bond acceptors (Lipinski definition) is 6. The molecule has 1 aromatic rings. The normalized spacial score (nSPS) is 20.6. The van der Waals surface area contributed by atoms with Crippen molar-refractivity contribution in [2.75, 3.05) is 6.54 Å². The molecule has 1 fully saturated rings. The van der Waals surface area contributed by atoms with E-state index in [1.54, 1.807) is 24.3 Å². The quantitative estimate of drug-likeness (QED) is 0.500. The lowest BCUT2D eigenvalue weighted by atomic mass is 9.68. The number of hydrogen-bond donors (Lipinski definition) is 2. The number of carbonyl (C=O) groups is 4. The van der Waals surface area contributed by atoms with Crippen molar-refractivity contribution in [2.24, 2.45) is 0 Å². The lowest BCUT2D eigenvalue weighted by molar-refractivity contribution is -0.167. The first-order valence-corrected chi connectivity index (χ1v) is 10.2. The summed E-state index contributed by atoms with van der Waals surface area (Å²) in [6.45, 7) is 4.14. The van der Waals surface area contributed by atoms with Gasteiger partial charge in [-0.05, 0) is 31.4 Å². The predicted molar refractivity (Wildman–Crippen MR) is 110 cm³/mol. The molecule has 0 bridgehead atoms. The van der Waals surface area contributed by atoms with Gasteiger partial charge in [0.2, 0.25) is 12.2 Å². The topological polar surface area (TPSA) is 111 Å². The summed E-state index contributed by atoms with van der Waals surface area (Å²) in [7, 11) is 0. The zero-order chi connectivity index (χ0) is 22.3. The number of ether oxygens (including phenoxy) is 2. The number of carbonyl (C=O) groups excluding carboxylic acids is 4. The number of Topliss-reactive ketones (excluding diaryl/α,β-unsaturated/α-hetero) is 1. The van der Waals surface area contributed by atoms with Crippen molar-refractivity contribution < 1.29 is 28.7 Å². The number of halogens is 1. The third kappa shape index (κ3) is 5.95. The van der Waals surface area contributed by atoms with Crippen LogP contribution in [0.3, 0.4) is 0 Å². The number of nitrogens with one attached hydrogen (secondary N) is 2. The molecule has 2 rings (SSSR count). The molecule has 1 saturated carbocycles. The van der Waals surface area contributed by atoms with Gasteiger partial charge < -0.3 is 20.1 Å². The Balaban J connectivity index is 2.00. The van der Waals surface area contributed by atoms with Crippen LogP contribution in [0, 0.1) is 0 Å². The average Bonchev–Trinajstić information content (AvgIpc) is 2.67. The molecule has 2 N–H and O–H groups in total. The highest BCUT2D eigenvalue weighted by atomic mass is 35.5. The summed E-state index contributed by atoms with van der Waals surface area (Å²) in [6, 6.07) is 6.23. The summed E-state index contributed by atoms with van der Waals surface area (Å²) in [6.07, 6.45) is 0.614. The molecule has 0 saturated heterocycles. The van der Waals surface area contributed by atoms with E-state index in [1.165, 1.54) is 20.8 Å². The lowest BCUT2D eigenvalue weighted by Gasteiger charge is -2.37. The molecule has 0 spiro atoms. The molecule has 30 heavy (non-hydrogen) atoms. The van der Waals surface area contributed by atoms with Crippen LogP contribution in [0.2, 0.25) is 5.02 Å². The highest BCUT2D eigenvalue weighted by Gasteiger charge is 2.43. The minimum absolute atomic E-state index is 0.0192. The Morgan fingerprint density at radius 3 is 2.50 bits per heavy atom. The van der Waals surface area contributed by atoms with Crippen LogP contribution in [-0.4, -0.2) is 42.6 Å². The van der Waals surface area contributed by atoms with E-state index in [1.807, 2.05) is 0 Å². The van der Waals surface area contributed by atoms with Crippen molar-refractivity contribution in [1.82, 2.24) is 10.6 Å². The Morgan fingerprint density at radius 1 is 1.17 bits per heavy atom. The van der Waals surface area contributed by atoms with Crippen LogP contribution in [-0.2, 0) is 29.3 Å². The number of amides is 2. The van der Waals surface area contributed by atoms with Crippen molar-refractivity contribution in [2.45, 2.75) is 64.2 Å². The van der Waals surface area contributed by atoms with E-state index in [4.69, 9.17) is 21.1 Å². The second kappa shape index (κ2) is 10.4. The van der Waals surface area contributed by atoms with E-state index >= 15 is 0 Å². The molecule has 1 aromatic carbocycles. The second-order valence-corrected chi connectivity index (χ2v) is 7.79. The molecule has 1 aliphatic rings. The van der Waals surface area contributed by atoms with Crippen LogP contribution in [0.1, 0.15) is 52.0 Å². The van der Waals surface area contributed by atoms with E-state index in [-0.39, 0.29) is 18.2 Å². The summed E-state index contributed by atoms with van der Waals surface area (Å²) in [4.78, 5) is 48.0. The molecule has 164 valence electrons. The maximum atomic E-state index is 12.9. The van der Waals surface area contributed by atoms with Crippen molar-refractivity contribution in [3.63, 3.8) is 0 Å². The summed E-state index contributed by atoms with van der Waals surface area (Å²) >= 11 is 6.35. The molecule has 1 unspecified atom stereocenters. The van der Waals surface area contributed by atoms with Gasteiger partial charge in [-0.25, -0.2) is 9.59 Å². The molecule has 0 aliphatic heterocycles. The Morgan fingerprint density at radius 2 is 1.87 bits per heavy atom. The maximum Gasteiger partial charge on any atom is 0.410 e. The fourth-order valence-corrected chi connectivity index (χ4v) is 3.89. The monoisotopic (exact) mass is 438 g/mol. The standard InChI is InChI=1S/C21H27ClN2O6/c1-13(24-14(2)25)19(27)29-15(3)30-20(28)23-12-21(11-7-6-10-18(21)26)16-8-4-5-9-17(16)22/h4-5,8-9,13,15H,6-7,10-12H2,1-3H3,(H,23,28)(H,24,25)/t13-,15?,21-/m0/s1. The molecule has 9 heteroatoms. The molecular formula is C21H27ClN2O6. The van der Waals surface area contributed by atoms with Gasteiger partial charge in [0.25, 0.3) is 0 Å². The van der Waals surface area contributed by atoms with E-state index < -0.39 is 29.8 Å². The lowest BCUT2D eigenvalue weighted by Crippen LogP contribution is -2.49. The first-order valence-electron chi connectivity index (χ1n) is 9.86. The molecule has 8 nitrogen and oxygen atoms in total. The third-order valence-electron chi connectivity index (χ3n) is 5.04. The van der Waals surface area contributed by atoms with E-state index in [0.29, 0.717) is 23.4 Å². The maximum absolute atomic E-state index is 12.9. The van der Waals surface area contributed by atoms with Crippen molar-refractivity contribution in [1.29, 1.82) is 0 Å². The Hall–Kier alpha value is -2.61. The minimum Gasteiger partial charge on any atom is -0.424 e. The van der Waals surface area contributed by atoms with E-state index in [2.05, 4.69) is 10.6 Å². The second-order valence-electron chi connectivity index (χ2n) is 7.38. The van der Waals surface area contributed by atoms with Crippen molar-refractivity contribution in [3.05, 3.63) is 34.9 Å². The van der Waals surface area contributed by atoms with Crippen LogP contribution in [0.25, 0.3) is 0 Å². The number of alkyl carbamates (subject to hydrolysis) is 1. The number of benzene rings is 1. The Labute approximate surface area is 180 Å². The summed E-state index contributed by atoms with van der Waals surface area (Å²) in [5, 5.41) is 5.47. The van der Waals surface area contributed by atoms with Gasteiger partial charge in [0.15, 0.2) is 0 Å². The first kappa shape index (κ1) is 23.7. The molecule has 0 aromatic heterocycles. The van der Waals surface area contributed by atoms with Crippen LogP contribution >= 0.6 is 11.6 Å². The fraction of sp³-hybridized carbons (Fsp3) is 0.524. The Bertz CT molecular complexity index is 814. The van der Waals surface area contributed by atoms with Crippen LogP contribution in [0.15, 0.2) is 24.3 Å². The SMILES string of the molecule is CC(=O)N[C@@H](C)C(=O)OC(C)OC(=O)NC[C@]1(c2ccccc2Cl)CCCCC1=O.